The molecule has 1 aromatic heterocycles. The molecule has 4 nitrogen and oxygen atoms in total. The van der Waals surface area contributed by atoms with Crippen molar-refractivity contribution in [1.82, 2.24) is 20.5 Å². The van der Waals surface area contributed by atoms with Crippen molar-refractivity contribution in [2.75, 3.05) is 6.54 Å². The molecule has 0 atom stereocenters. The van der Waals surface area contributed by atoms with E-state index in [1.807, 2.05) is 67.8 Å². The van der Waals surface area contributed by atoms with Gasteiger partial charge in [-0.25, -0.2) is 0 Å². The van der Waals surface area contributed by atoms with Crippen molar-refractivity contribution in [2.45, 2.75) is 154 Å². The van der Waals surface area contributed by atoms with Gasteiger partial charge < -0.3 is 10.6 Å². The Morgan fingerprint density at radius 3 is 1.71 bits per heavy atom. The lowest BCUT2D eigenvalue weighted by molar-refractivity contribution is 0.299. The van der Waals surface area contributed by atoms with E-state index < -0.39 is 0 Å². The van der Waals surface area contributed by atoms with Crippen molar-refractivity contribution in [3.05, 3.63) is 99.4 Å². The molecule has 3 aromatic rings. The summed E-state index contributed by atoms with van der Waals surface area (Å²) in [6.45, 7) is 39.4. The molecular weight excluding hydrogens is 548 g/mol. The fraction of sp³-hybridized carbons (Fsp3) is 0.585. The first kappa shape index (κ1) is 42.5. The first-order valence-electron chi connectivity index (χ1n) is 17.9. The lowest BCUT2D eigenvalue weighted by Gasteiger charge is -2.22. The standard InChI is InChI=1S/C14H21N.C12H17N.C7H8N2.4C2H6/c1-5-15-9-11-7-6-8-13(12(11)10-15)14(2,3)4;1-12(2,3)11-5-4-9-7-13-8-10(9)6-11;1-2-8-4-7-5-9-3-6(1)7;4*1-2/h6-8H,5,9-10H2,1-4H3;4-6,13H,7-8H2,1-3H3;1-2,4,9H,3,5H2;4*1-2H3. The predicted octanol–water partition coefficient (Wildman–Crippen LogP) is 10.7. The molecule has 2 N–H and O–H groups in total. The Balaban J connectivity index is 0.000000590. The molecular formula is C41H70N4. The summed E-state index contributed by atoms with van der Waals surface area (Å²) in [5.74, 6) is 0. The van der Waals surface area contributed by atoms with E-state index in [-0.39, 0.29) is 10.8 Å². The highest BCUT2D eigenvalue weighted by atomic mass is 15.1. The van der Waals surface area contributed by atoms with Crippen LogP contribution in [-0.2, 0) is 50.1 Å². The van der Waals surface area contributed by atoms with Crippen LogP contribution in [0.1, 0.15) is 148 Å². The van der Waals surface area contributed by atoms with Crippen molar-refractivity contribution in [1.29, 1.82) is 0 Å². The van der Waals surface area contributed by atoms with Gasteiger partial charge in [0.1, 0.15) is 0 Å². The summed E-state index contributed by atoms with van der Waals surface area (Å²) < 4.78 is 0. The number of nitrogens with zero attached hydrogens (tertiary/aromatic N) is 2. The topological polar surface area (TPSA) is 40.2 Å². The average Bonchev–Trinajstić information content (AvgIpc) is 3.83. The molecule has 254 valence electrons. The first-order valence-corrected chi connectivity index (χ1v) is 17.9. The highest BCUT2D eigenvalue weighted by molar-refractivity contribution is 5.41. The van der Waals surface area contributed by atoms with Crippen LogP contribution in [0.2, 0.25) is 0 Å². The third-order valence-corrected chi connectivity index (χ3v) is 7.64. The number of rotatable bonds is 1. The lowest BCUT2D eigenvalue weighted by Crippen LogP contribution is -2.17. The average molecular weight is 619 g/mol. The van der Waals surface area contributed by atoms with Gasteiger partial charge in [0.2, 0.25) is 0 Å². The Morgan fingerprint density at radius 1 is 0.622 bits per heavy atom. The van der Waals surface area contributed by atoms with Gasteiger partial charge >= 0.3 is 0 Å². The SMILES string of the molecule is CC.CC.CC.CC.CC(C)(C)c1ccc2c(c1)CNC2.CCN1Cc2cccc(C(C)(C)C)c2C1.c1cc2c(cn1)CNC2. The Bertz CT molecular complexity index is 1180. The minimum Gasteiger partial charge on any atom is -0.309 e. The molecule has 3 aliphatic rings. The van der Waals surface area contributed by atoms with Gasteiger partial charge in [0.05, 0.1) is 0 Å². The monoisotopic (exact) mass is 619 g/mol. The summed E-state index contributed by atoms with van der Waals surface area (Å²) in [7, 11) is 0. The third kappa shape index (κ3) is 13.4. The summed E-state index contributed by atoms with van der Waals surface area (Å²) in [6, 6.07) is 15.7. The molecule has 0 unspecified atom stereocenters. The van der Waals surface area contributed by atoms with Crippen LogP contribution in [0.15, 0.2) is 54.9 Å². The maximum atomic E-state index is 4.02. The van der Waals surface area contributed by atoms with E-state index in [0.717, 1.165) is 45.8 Å². The van der Waals surface area contributed by atoms with Gasteiger partial charge in [-0.05, 0) is 67.9 Å². The summed E-state index contributed by atoms with van der Waals surface area (Å²) in [5.41, 5.74) is 12.3. The van der Waals surface area contributed by atoms with Crippen molar-refractivity contribution < 1.29 is 0 Å². The second kappa shape index (κ2) is 22.1. The molecule has 0 amide bonds. The molecule has 4 heteroatoms. The van der Waals surface area contributed by atoms with Crippen LogP contribution in [0.25, 0.3) is 0 Å². The molecule has 45 heavy (non-hydrogen) atoms. The van der Waals surface area contributed by atoms with Crippen molar-refractivity contribution in [3.63, 3.8) is 0 Å². The summed E-state index contributed by atoms with van der Waals surface area (Å²) in [5, 5.41) is 6.61. The quantitative estimate of drug-likeness (QED) is 0.285. The zero-order valence-corrected chi connectivity index (χ0v) is 32.0. The maximum absolute atomic E-state index is 4.02. The highest BCUT2D eigenvalue weighted by Gasteiger charge is 2.25. The van der Waals surface area contributed by atoms with E-state index in [2.05, 4.69) is 111 Å². The van der Waals surface area contributed by atoms with E-state index in [1.54, 1.807) is 5.56 Å². The third-order valence-electron chi connectivity index (χ3n) is 7.64. The van der Waals surface area contributed by atoms with Gasteiger partial charge in [-0.3, -0.25) is 9.88 Å². The molecule has 0 bridgehead atoms. The van der Waals surface area contributed by atoms with Gasteiger partial charge in [0.15, 0.2) is 0 Å². The summed E-state index contributed by atoms with van der Waals surface area (Å²) >= 11 is 0. The van der Waals surface area contributed by atoms with Gasteiger partial charge in [0.25, 0.3) is 0 Å². The van der Waals surface area contributed by atoms with Crippen LogP contribution in [0.5, 0.6) is 0 Å². The molecule has 6 rings (SSSR count). The molecule has 0 aliphatic carbocycles. The van der Waals surface area contributed by atoms with Gasteiger partial charge in [-0.1, -0.05) is 140 Å². The first-order chi connectivity index (χ1) is 21.6. The molecule has 0 spiro atoms. The van der Waals surface area contributed by atoms with E-state index in [4.69, 9.17) is 0 Å². The number of hydrogen-bond acceptors (Lipinski definition) is 4. The number of benzene rings is 2. The molecule has 0 fully saturated rings. The summed E-state index contributed by atoms with van der Waals surface area (Å²) in [4.78, 5) is 6.52. The molecule has 3 aliphatic heterocycles. The fourth-order valence-corrected chi connectivity index (χ4v) is 5.30. The van der Waals surface area contributed by atoms with Crippen LogP contribution in [0.4, 0.5) is 0 Å². The highest BCUT2D eigenvalue weighted by Crippen LogP contribution is 2.33. The zero-order chi connectivity index (χ0) is 34.6. The van der Waals surface area contributed by atoms with Crippen molar-refractivity contribution in [3.8, 4) is 0 Å². The van der Waals surface area contributed by atoms with Crippen LogP contribution in [0, 0.1) is 0 Å². The van der Waals surface area contributed by atoms with E-state index in [9.17, 15) is 0 Å². The Labute approximate surface area is 279 Å². The second-order valence-electron chi connectivity index (χ2n) is 12.6. The second-order valence-corrected chi connectivity index (χ2v) is 12.6. The molecule has 4 heterocycles. The van der Waals surface area contributed by atoms with Gasteiger partial charge in [-0.15, -0.1) is 0 Å². The predicted molar refractivity (Wildman–Crippen MR) is 201 cm³/mol. The van der Waals surface area contributed by atoms with Gasteiger partial charge in [-0.2, -0.15) is 0 Å². The normalized spacial score (nSPS) is 13.8. The number of aromatic nitrogens is 1. The Hall–Kier alpha value is -2.53. The molecule has 0 radical (unpaired) electrons. The maximum Gasteiger partial charge on any atom is 0.0316 e. The minimum atomic E-state index is 0.273. The minimum absolute atomic E-state index is 0.273. The number of hydrogen-bond donors (Lipinski definition) is 2. The van der Waals surface area contributed by atoms with E-state index in [1.165, 1.54) is 38.9 Å². The molecule has 0 saturated carbocycles. The van der Waals surface area contributed by atoms with Crippen LogP contribution < -0.4 is 10.6 Å². The number of nitrogens with one attached hydrogen (secondary N) is 2. The molecule has 2 aromatic carbocycles. The van der Waals surface area contributed by atoms with Crippen molar-refractivity contribution in [2.24, 2.45) is 0 Å². The molecule has 0 saturated heterocycles. The van der Waals surface area contributed by atoms with Crippen LogP contribution in [0.3, 0.4) is 0 Å². The van der Waals surface area contributed by atoms with Crippen molar-refractivity contribution >= 4 is 0 Å². The summed E-state index contributed by atoms with van der Waals surface area (Å²) in [6.07, 6.45) is 3.77. The van der Waals surface area contributed by atoms with Gasteiger partial charge in [0, 0.05) is 51.7 Å². The Kier molecular flexibility index (Phi) is 20.8. The Morgan fingerprint density at radius 2 is 1.18 bits per heavy atom. The van der Waals surface area contributed by atoms with Crippen LogP contribution in [-0.4, -0.2) is 16.4 Å². The largest absolute Gasteiger partial charge is 0.309 e. The lowest BCUT2D eigenvalue weighted by atomic mass is 9.83. The fourth-order valence-electron chi connectivity index (χ4n) is 5.30. The van der Waals surface area contributed by atoms with E-state index >= 15 is 0 Å². The zero-order valence-electron chi connectivity index (χ0n) is 32.0. The van der Waals surface area contributed by atoms with Crippen LogP contribution >= 0.6 is 0 Å². The number of pyridine rings is 1. The van der Waals surface area contributed by atoms with E-state index in [0.29, 0.717) is 0 Å². The smallest absolute Gasteiger partial charge is 0.0316 e. The number of fused-ring (bicyclic) bond motifs is 3.